The number of piperidine rings is 1. The van der Waals surface area contributed by atoms with Gasteiger partial charge in [0, 0.05) is 31.5 Å². The zero-order valence-corrected chi connectivity index (χ0v) is 14.5. The summed E-state index contributed by atoms with van der Waals surface area (Å²) >= 11 is 0. The number of aromatic nitrogens is 2. The summed E-state index contributed by atoms with van der Waals surface area (Å²) in [5.74, 6) is 1.36. The number of anilines is 1. The molecule has 2 atom stereocenters. The zero-order chi connectivity index (χ0) is 16.8. The molecule has 1 saturated heterocycles. The van der Waals surface area contributed by atoms with Crippen molar-refractivity contribution in [1.29, 1.82) is 0 Å². The highest BCUT2D eigenvalue weighted by Crippen LogP contribution is 2.26. The Kier molecular flexibility index (Phi) is 6.01. The van der Waals surface area contributed by atoms with Crippen molar-refractivity contribution in [3.8, 4) is 0 Å². The van der Waals surface area contributed by atoms with Gasteiger partial charge in [-0.05, 0) is 37.7 Å². The molecule has 6 heteroatoms. The van der Waals surface area contributed by atoms with E-state index in [0.29, 0.717) is 5.92 Å². The van der Waals surface area contributed by atoms with Crippen LogP contribution in [0.1, 0.15) is 45.4 Å². The average Bonchev–Trinajstić information content (AvgIpc) is 2.62. The molecule has 24 heavy (non-hydrogen) atoms. The lowest BCUT2D eigenvalue weighted by atomic mass is 9.88. The minimum absolute atomic E-state index is 0.0159. The first-order chi connectivity index (χ1) is 11.7. The number of nitrogens with zero attached hydrogens (tertiary/aromatic N) is 3. The van der Waals surface area contributed by atoms with E-state index in [2.05, 4.69) is 27.1 Å². The minimum Gasteiger partial charge on any atom is -0.368 e. The lowest BCUT2D eigenvalue weighted by Gasteiger charge is -2.32. The average molecular weight is 332 g/mol. The molecule has 2 aliphatic rings. The van der Waals surface area contributed by atoms with E-state index in [1.165, 1.54) is 19.3 Å². The van der Waals surface area contributed by atoms with E-state index in [1.54, 1.807) is 12.4 Å². The molecule has 0 spiro atoms. The van der Waals surface area contributed by atoms with Crippen molar-refractivity contribution in [2.75, 3.05) is 24.6 Å². The van der Waals surface area contributed by atoms with Gasteiger partial charge < -0.3 is 15.0 Å². The van der Waals surface area contributed by atoms with Crippen LogP contribution in [0.15, 0.2) is 18.5 Å². The maximum Gasteiger partial charge on any atom is 0.246 e. The highest BCUT2D eigenvalue weighted by Gasteiger charge is 2.25. The normalized spacial score (nSPS) is 25.5. The molecule has 0 bridgehead atoms. The fourth-order valence-electron chi connectivity index (χ4n) is 3.66. The van der Waals surface area contributed by atoms with E-state index in [4.69, 9.17) is 4.74 Å². The Labute approximate surface area is 144 Å². The number of carbonyl (C=O) groups is 1. The standard InChI is InChI=1S/C18H28N4O2/c1-14-5-2-3-6-16(14)24-13-17(23)21-15-7-11-22(12-8-15)18-19-9-4-10-20-18/h4,9-10,14-16H,2-3,5-8,11-13H2,1H3,(H,21,23)/t14-,16+/m0/s1. The fraction of sp³-hybridized carbons (Fsp3) is 0.722. The monoisotopic (exact) mass is 332 g/mol. The highest BCUT2D eigenvalue weighted by molar-refractivity contribution is 5.77. The molecule has 1 aliphatic carbocycles. The Morgan fingerprint density at radius 2 is 1.92 bits per heavy atom. The number of ether oxygens (including phenoxy) is 1. The summed E-state index contributed by atoms with van der Waals surface area (Å²) in [7, 11) is 0. The molecule has 3 rings (SSSR count). The lowest BCUT2D eigenvalue weighted by Crippen LogP contribution is -2.46. The van der Waals surface area contributed by atoms with E-state index in [-0.39, 0.29) is 24.7 Å². The van der Waals surface area contributed by atoms with Gasteiger partial charge in [-0.2, -0.15) is 0 Å². The van der Waals surface area contributed by atoms with Crippen LogP contribution in [0.5, 0.6) is 0 Å². The summed E-state index contributed by atoms with van der Waals surface area (Å²) in [5, 5.41) is 3.11. The summed E-state index contributed by atoms with van der Waals surface area (Å²) in [6, 6.07) is 2.05. The van der Waals surface area contributed by atoms with Crippen molar-refractivity contribution in [3.05, 3.63) is 18.5 Å². The second kappa shape index (κ2) is 8.42. The van der Waals surface area contributed by atoms with E-state index in [9.17, 15) is 4.79 Å². The SMILES string of the molecule is C[C@H]1CCCC[C@H]1OCC(=O)NC1CCN(c2ncccn2)CC1. The summed E-state index contributed by atoms with van der Waals surface area (Å²) in [6.45, 7) is 4.16. The zero-order valence-electron chi connectivity index (χ0n) is 14.5. The number of nitrogens with one attached hydrogen (secondary N) is 1. The first-order valence-corrected chi connectivity index (χ1v) is 9.15. The second-order valence-electron chi connectivity index (χ2n) is 6.99. The van der Waals surface area contributed by atoms with Crippen molar-refractivity contribution in [1.82, 2.24) is 15.3 Å². The van der Waals surface area contributed by atoms with Gasteiger partial charge in [0.1, 0.15) is 6.61 Å². The Morgan fingerprint density at radius 1 is 1.21 bits per heavy atom. The second-order valence-corrected chi connectivity index (χ2v) is 6.99. The fourth-order valence-corrected chi connectivity index (χ4v) is 3.66. The summed E-state index contributed by atoms with van der Waals surface area (Å²) < 4.78 is 5.85. The molecule has 132 valence electrons. The summed E-state index contributed by atoms with van der Waals surface area (Å²) in [6.07, 6.45) is 10.4. The van der Waals surface area contributed by atoms with Gasteiger partial charge in [0.05, 0.1) is 6.10 Å². The van der Waals surface area contributed by atoms with Crippen LogP contribution in [-0.4, -0.2) is 47.7 Å². The van der Waals surface area contributed by atoms with Gasteiger partial charge in [-0.3, -0.25) is 4.79 Å². The van der Waals surface area contributed by atoms with Gasteiger partial charge in [0.25, 0.3) is 0 Å². The predicted octanol–water partition coefficient (Wildman–Crippen LogP) is 2.16. The van der Waals surface area contributed by atoms with Crippen LogP contribution in [0.3, 0.4) is 0 Å². The number of carbonyl (C=O) groups excluding carboxylic acids is 1. The summed E-state index contributed by atoms with van der Waals surface area (Å²) in [4.78, 5) is 22.9. The van der Waals surface area contributed by atoms with Crippen LogP contribution >= 0.6 is 0 Å². The van der Waals surface area contributed by atoms with Crippen LogP contribution in [0, 0.1) is 5.92 Å². The number of amides is 1. The van der Waals surface area contributed by atoms with Crippen LogP contribution in [0.2, 0.25) is 0 Å². The third kappa shape index (κ3) is 4.66. The smallest absolute Gasteiger partial charge is 0.246 e. The maximum atomic E-state index is 12.1. The van der Waals surface area contributed by atoms with Gasteiger partial charge in [-0.25, -0.2) is 9.97 Å². The number of hydrogen-bond donors (Lipinski definition) is 1. The van der Waals surface area contributed by atoms with Crippen LogP contribution < -0.4 is 10.2 Å². The van der Waals surface area contributed by atoms with E-state index in [1.807, 2.05) is 6.07 Å². The lowest BCUT2D eigenvalue weighted by molar-refractivity contribution is -0.130. The van der Waals surface area contributed by atoms with Crippen molar-refractivity contribution >= 4 is 11.9 Å². The molecule has 1 amide bonds. The molecule has 2 fully saturated rings. The maximum absolute atomic E-state index is 12.1. The first-order valence-electron chi connectivity index (χ1n) is 9.15. The molecule has 0 aromatic carbocycles. The molecule has 0 unspecified atom stereocenters. The first kappa shape index (κ1) is 17.1. The third-order valence-corrected chi connectivity index (χ3v) is 5.16. The topological polar surface area (TPSA) is 67.3 Å². The van der Waals surface area contributed by atoms with E-state index >= 15 is 0 Å². The summed E-state index contributed by atoms with van der Waals surface area (Å²) in [5.41, 5.74) is 0. The van der Waals surface area contributed by atoms with Crippen LogP contribution in [0.4, 0.5) is 5.95 Å². The van der Waals surface area contributed by atoms with E-state index in [0.717, 1.165) is 38.3 Å². The van der Waals surface area contributed by atoms with Gasteiger partial charge in [-0.15, -0.1) is 0 Å². The van der Waals surface area contributed by atoms with E-state index < -0.39 is 0 Å². The van der Waals surface area contributed by atoms with Crippen molar-refractivity contribution < 1.29 is 9.53 Å². The molecular formula is C18H28N4O2. The molecule has 1 saturated carbocycles. The van der Waals surface area contributed by atoms with Gasteiger partial charge in [0.2, 0.25) is 11.9 Å². The number of rotatable bonds is 5. The molecule has 1 aliphatic heterocycles. The van der Waals surface area contributed by atoms with Gasteiger partial charge >= 0.3 is 0 Å². The molecule has 1 aromatic heterocycles. The van der Waals surface area contributed by atoms with Crippen molar-refractivity contribution in [2.45, 2.75) is 57.6 Å². The molecule has 0 radical (unpaired) electrons. The quantitative estimate of drug-likeness (QED) is 0.895. The van der Waals surface area contributed by atoms with Crippen molar-refractivity contribution in [2.24, 2.45) is 5.92 Å². The van der Waals surface area contributed by atoms with Gasteiger partial charge in [0.15, 0.2) is 0 Å². The minimum atomic E-state index is 0.0159. The highest BCUT2D eigenvalue weighted by atomic mass is 16.5. The molecule has 1 aromatic rings. The Morgan fingerprint density at radius 3 is 2.62 bits per heavy atom. The predicted molar refractivity (Wildman–Crippen MR) is 92.8 cm³/mol. The van der Waals surface area contributed by atoms with Crippen LogP contribution in [0.25, 0.3) is 0 Å². The Bertz CT molecular complexity index is 517. The Balaban J connectivity index is 1.37. The molecule has 1 N–H and O–H groups in total. The number of hydrogen-bond acceptors (Lipinski definition) is 5. The molecule has 2 heterocycles. The van der Waals surface area contributed by atoms with Gasteiger partial charge in [-0.1, -0.05) is 19.8 Å². The molecular weight excluding hydrogens is 304 g/mol. The van der Waals surface area contributed by atoms with Crippen LogP contribution in [-0.2, 0) is 9.53 Å². The third-order valence-electron chi connectivity index (χ3n) is 5.16. The molecule has 6 nitrogen and oxygen atoms in total. The largest absolute Gasteiger partial charge is 0.368 e. The Hall–Kier alpha value is -1.69. The van der Waals surface area contributed by atoms with Crippen molar-refractivity contribution in [3.63, 3.8) is 0 Å².